The van der Waals surface area contributed by atoms with Crippen LogP contribution in [0.15, 0.2) is 0 Å². The normalized spacial score (nSPS) is 20.3. The largest absolute Gasteiger partial charge is 0.353 e. The van der Waals surface area contributed by atoms with Gasteiger partial charge < -0.3 is 10.2 Å². The number of nitrogens with one attached hydrogen (secondary N) is 1. The molecule has 2 amide bonds. The smallest absolute Gasteiger partial charge is 0.225 e. The lowest BCUT2D eigenvalue weighted by Crippen LogP contribution is -2.41. The van der Waals surface area contributed by atoms with Crippen molar-refractivity contribution >= 4 is 17.6 Å². The van der Waals surface area contributed by atoms with Gasteiger partial charge in [0.1, 0.15) is 5.78 Å². The van der Waals surface area contributed by atoms with E-state index in [0.717, 1.165) is 12.8 Å². The first-order chi connectivity index (χ1) is 16.3. The Hall–Kier alpha value is -1.39. The molecule has 34 heavy (non-hydrogen) atoms. The fourth-order valence-corrected chi connectivity index (χ4v) is 5.22. The minimum Gasteiger partial charge on any atom is -0.353 e. The molecule has 1 N–H and O–H groups in total. The summed E-state index contributed by atoms with van der Waals surface area (Å²) in [5.74, 6) is -0.435. The number of carbonyl (C=O) groups excluding carboxylic acids is 3. The molecule has 0 bridgehead atoms. The van der Waals surface area contributed by atoms with Crippen molar-refractivity contribution in [3.05, 3.63) is 0 Å². The average molecular weight is 479 g/mol. The quantitative estimate of drug-likeness (QED) is 0.402. The Bertz CT molecular complexity index is 574. The van der Waals surface area contributed by atoms with Gasteiger partial charge in [0.2, 0.25) is 11.8 Å². The van der Waals surface area contributed by atoms with Gasteiger partial charge in [-0.05, 0) is 39.0 Å². The lowest BCUT2D eigenvalue weighted by molar-refractivity contribution is -0.135. The van der Waals surface area contributed by atoms with Crippen LogP contribution in [-0.2, 0) is 14.4 Å². The molecule has 5 heteroatoms. The second kappa shape index (κ2) is 18.0. The number of rotatable bonds is 9. The predicted octanol–water partition coefficient (Wildman–Crippen LogP) is 6.68. The third-order valence-corrected chi connectivity index (χ3v) is 7.76. The number of amides is 2. The van der Waals surface area contributed by atoms with E-state index in [9.17, 15) is 14.4 Å². The SMILES string of the molecule is CCC(CC(CC(C)C(C)=O)C(=O)N(C)C)C(=O)NC1CCCCCCCCCCCCCC1. The molecule has 1 aliphatic carbocycles. The summed E-state index contributed by atoms with van der Waals surface area (Å²) < 4.78 is 0. The molecule has 0 spiro atoms. The molecule has 3 unspecified atom stereocenters. The van der Waals surface area contributed by atoms with E-state index < -0.39 is 0 Å². The van der Waals surface area contributed by atoms with Gasteiger partial charge in [0.15, 0.2) is 0 Å². The number of nitrogens with zero attached hydrogens (tertiary/aromatic N) is 1. The van der Waals surface area contributed by atoms with Crippen molar-refractivity contribution in [2.45, 2.75) is 136 Å². The molecule has 0 aromatic carbocycles. The van der Waals surface area contributed by atoms with Gasteiger partial charge in [0.25, 0.3) is 0 Å². The standard InChI is InChI=1S/C29H54N2O3/c1-6-25(22-26(29(34)31(4)5)21-23(2)24(3)32)28(33)30-27-19-17-15-13-11-9-7-8-10-12-14-16-18-20-27/h23,25-27H,6-22H2,1-5H3,(H,30,33). The number of carbonyl (C=O) groups is 3. The van der Waals surface area contributed by atoms with Crippen molar-refractivity contribution in [2.24, 2.45) is 17.8 Å². The average Bonchev–Trinajstić information content (AvgIpc) is 2.81. The fourth-order valence-electron chi connectivity index (χ4n) is 5.22. The molecule has 0 heterocycles. The van der Waals surface area contributed by atoms with Crippen LogP contribution in [0.2, 0.25) is 0 Å². The van der Waals surface area contributed by atoms with E-state index in [1.807, 2.05) is 13.8 Å². The van der Waals surface area contributed by atoms with Gasteiger partial charge in [-0.15, -0.1) is 0 Å². The molecule has 1 aliphatic rings. The van der Waals surface area contributed by atoms with Gasteiger partial charge in [-0.1, -0.05) is 90.9 Å². The van der Waals surface area contributed by atoms with Crippen LogP contribution in [0.1, 0.15) is 130 Å². The summed E-state index contributed by atoms with van der Waals surface area (Å²) in [5.41, 5.74) is 0. The van der Waals surface area contributed by atoms with Crippen LogP contribution < -0.4 is 5.32 Å². The highest BCUT2D eigenvalue weighted by Gasteiger charge is 2.30. The third-order valence-electron chi connectivity index (χ3n) is 7.76. The first kappa shape index (κ1) is 30.6. The van der Waals surface area contributed by atoms with Crippen molar-refractivity contribution in [2.75, 3.05) is 14.1 Å². The second-order valence-electron chi connectivity index (χ2n) is 11.0. The summed E-state index contributed by atoms with van der Waals surface area (Å²) in [6.45, 7) is 5.50. The molecule has 5 nitrogen and oxygen atoms in total. The van der Waals surface area contributed by atoms with E-state index in [-0.39, 0.29) is 41.4 Å². The Morgan fingerprint density at radius 2 is 1.21 bits per heavy atom. The van der Waals surface area contributed by atoms with Gasteiger partial charge in [-0.2, -0.15) is 0 Å². The van der Waals surface area contributed by atoms with Crippen LogP contribution in [0.3, 0.4) is 0 Å². The Morgan fingerprint density at radius 3 is 1.59 bits per heavy atom. The van der Waals surface area contributed by atoms with Crippen LogP contribution in [0.25, 0.3) is 0 Å². The first-order valence-electron chi connectivity index (χ1n) is 14.3. The highest BCUT2D eigenvalue weighted by molar-refractivity contribution is 5.83. The summed E-state index contributed by atoms with van der Waals surface area (Å²) >= 11 is 0. The van der Waals surface area contributed by atoms with E-state index in [1.165, 1.54) is 77.0 Å². The molecule has 0 aromatic rings. The minimum absolute atomic E-state index is 0.0215. The number of ketones is 1. The summed E-state index contributed by atoms with van der Waals surface area (Å²) in [5, 5.41) is 3.38. The van der Waals surface area contributed by atoms with Crippen molar-refractivity contribution in [1.82, 2.24) is 10.2 Å². The van der Waals surface area contributed by atoms with Gasteiger partial charge in [0, 0.05) is 37.9 Å². The number of hydrogen-bond acceptors (Lipinski definition) is 3. The molecular formula is C29H54N2O3. The monoisotopic (exact) mass is 478 g/mol. The molecule has 3 atom stereocenters. The van der Waals surface area contributed by atoms with E-state index in [0.29, 0.717) is 19.3 Å². The van der Waals surface area contributed by atoms with Crippen LogP contribution in [0, 0.1) is 17.8 Å². The minimum atomic E-state index is -0.294. The molecular weight excluding hydrogens is 424 g/mol. The van der Waals surface area contributed by atoms with E-state index in [1.54, 1.807) is 25.9 Å². The Kier molecular flexibility index (Phi) is 16.2. The molecule has 0 aliphatic heterocycles. The molecule has 1 fully saturated rings. The summed E-state index contributed by atoms with van der Waals surface area (Å²) in [6, 6.07) is 0.242. The molecule has 0 aromatic heterocycles. The summed E-state index contributed by atoms with van der Waals surface area (Å²) in [4.78, 5) is 39.6. The van der Waals surface area contributed by atoms with Gasteiger partial charge >= 0.3 is 0 Å². The van der Waals surface area contributed by atoms with Crippen LogP contribution in [0.5, 0.6) is 0 Å². The topological polar surface area (TPSA) is 66.5 Å². The molecule has 0 radical (unpaired) electrons. The van der Waals surface area contributed by atoms with Crippen molar-refractivity contribution in [3.63, 3.8) is 0 Å². The maximum Gasteiger partial charge on any atom is 0.225 e. The number of hydrogen-bond donors (Lipinski definition) is 1. The van der Waals surface area contributed by atoms with Crippen molar-refractivity contribution in [3.8, 4) is 0 Å². The zero-order valence-corrected chi connectivity index (χ0v) is 23.0. The van der Waals surface area contributed by atoms with E-state index in [4.69, 9.17) is 0 Å². The van der Waals surface area contributed by atoms with Crippen LogP contribution in [-0.4, -0.2) is 42.6 Å². The predicted molar refractivity (Wildman–Crippen MR) is 142 cm³/mol. The second-order valence-corrected chi connectivity index (χ2v) is 11.0. The maximum absolute atomic E-state index is 13.3. The van der Waals surface area contributed by atoms with Crippen molar-refractivity contribution in [1.29, 1.82) is 0 Å². The fraction of sp³-hybridized carbons (Fsp3) is 0.897. The Labute approximate surface area is 210 Å². The van der Waals surface area contributed by atoms with E-state index in [2.05, 4.69) is 5.32 Å². The lowest BCUT2D eigenvalue weighted by Gasteiger charge is -2.27. The summed E-state index contributed by atoms with van der Waals surface area (Å²) in [7, 11) is 3.51. The third kappa shape index (κ3) is 12.9. The molecule has 0 saturated heterocycles. The van der Waals surface area contributed by atoms with Gasteiger partial charge in [-0.25, -0.2) is 0 Å². The summed E-state index contributed by atoms with van der Waals surface area (Å²) in [6.07, 6.45) is 19.5. The Morgan fingerprint density at radius 1 is 0.765 bits per heavy atom. The highest BCUT2D eigenvalue weighted by atomic mass is 16.2. The van der Waals surface area contributed by atoms with Gasteiger partial charge in [0.05, 0.1) is 0 Å². The zero-order chi connectivity index (χ0) is 25.3. The first-order valence-corrected chi connectivity index (χ1v) is 14.3. The maximum atomic E-state index is 13.3. The highest BCUT2D eigenvalue weighted by Crippen LogP contribution is 2.25. The molecule has 1 saturated carbocycles. The van der Waals surface area contributed by atoms with Crippen LogP contribution in [0.4, 0.5) is 0 Å². The van der Waals surface area contributed by atoms with Crippen molar-refractivity contribution < 1.29 is 14.4 Å². The van der Waals surface area contributed by atoms with E-state index >= 15 is 0 Å². The number of Topliss-reactive ketones (excluding diaryl/α,β-unsaturated/α-hetero) is 1. The molecule has 1 rings (SSSR count). The molecule has 198 valence electrons. The Balaban J connectivity index is 2.75. The van der Waals surface area contributed by atoms with Gasteiger partial charge in [-0.3, -0.25) is 14.4 Å². The van der Waals surface area contributed by atoms with Crippen LogP contribution >= 0.6 is 0 Å². The lowest BCUT2D eigenvalue weighted by atomic mass is 9.84. The zero-order valence-electron chi connectivity index (χ0n) is 23.0.